The van der Waals surface area contributed by atoms with Gasteiger partial charge in [-0.2, -0.15) is 0 Å². The fourth-order valence-electron chi connectivity index (χ4n) is 3.70. The normalized spacial score (nSPS) is 12.3. The van der Waals surface area contributed by atoms with Gasteiger partial charge >= 0.3 is 5.97 Å². The first kappa shape index (κ1) is 25.1. The minimum Gasteiger partial charge on any atom is -0.480 e. The number of aliphatic carboxylic acids is 1. The van der Waals surface area contributed by atoms with Crippen LogP contribution in [0.25, 0.3) is 11.3 Å². The van der Waals surface area contributed by atoms with Gasteiger partial charge < -0.3 is 20.5 Å². The minimum absolute atomic E-state index is 0.110. The summed E-state index contributed by atoms with van der Waals surface area (Å²) in [4.78, 5) is 61.6. The number of carbonyl (C=O) groups is 4. The Morgan fingerprint density at radius 2 is 1.60 bits per heavy atom. The summed E-state index contributed by atoms with van der Waals surface area (Å²) < 4.78 is 0.990. The van der Waals surface area contributed by atoms with E-state index < -0.39 is 35.4 Å². The zero-order chi connectivity index (χ0) is 25.4. The molecule has 2 unspecified atom stereocenters. The predicted molar refractivity (Wildman–Crippen MR) is 130 cm³/mol. The summed E-state index contributed by atoms with van der Waals surface area (Å²) >= 11 is 0. The van der Waals surface area contributed by atoms with E-state index in [0.717, 1.165) is 17.1 Å². The molecule has 0 bridgehead atoms. The topological polar surface area (TPSA) is 135 Å². The highest BCUT2D eigenvalue weighted by atomic mass is 16.4. The highest BCUT2D eigenvalue weighted by Gasteiger charge is 2.33. The van der Waals surface area contributed by atoms with Gasteiger partial charge in [-0.15, -0.1) is 0 Å². The van der Waals surface area contributed by atoms with Gasteiger partial charge in [0.2, 0.25) is 11.8 Å². The molecule has 0 aliphatic rings. The average molecular weight is 476 g/mol. The van der Waals surface area contributed by atoms with Gasteiger partial charge in [0.15, 0.2) is 6.04 Å². The van der Waals surface area contributed by atoms with E-state index in [1.165, 1.54) is 12.1 Å². The summed E-state index contributed by atoms with van der Waals surface area (Å²) in [5, 5.41) is 14.5. The fourth-order valence-corrected chi connectivity index (χ4v) is 3.70. The molecule has 3 rings (SSSR count). The van der Waals surface area contributed by atoms with E-state index >= 15 is 0 Å². The van der Waals surface area contributed by atoms with Crippen LogP contribution in [0.5, 0.6) is 0 Å². The first-order valence-electron chi connectivity index (χ1n) is 10.9. The molecule has 2 aromatic carbocycles. The van der Waals surface area contributed by atoms with Gasteiger partial charge in [0.1, 0.15) is 18.0 Å². The van der Waals surface area contributed by atoms with E-state index in [2.05, 4.69) is 10.6 Å². The largest absolute Gasteiger partial charge is 0.480 e. The number of rotatable bonds is 10. The van der Waals surface area contributed by atoms with E-state index in [-0.39, 0.29) is 17.8 Å². The van der Waals surface area contributed by atoms with Gasteiger partial charge in [0.05, 0.1) is 5.69 Å². The van der Waals surface area contributed by atoms with Crippen molar-refractivity contribution in [3.63, 3.8) is 0 Å². The Labute approximate surface area is 201 Å². The molecule has 0 radical (unpaired) electrons. The molecule has 1 aromatic heterocycles. The van der Waals surface area contributed by atoms with Crippen LogP contribution in [0.4, 0.5) is 5.69 Å². The van der Waals surface area contributed by atoms with E-state index in [4.69, 9.17) is 0 Å². The molecule has 1 heterocycles. The van der Waals surface area contributed by atoms with Crippen LogP contribution in [-0.2, 0) is 25.6 Å². The van der Waals surface area contributed by atoms with Gasteiger partial charge in [-0.3, -0.25) is 19.0 Å². The second-order valence-electron chi connectivity index (χ2n) is 7.85. The van der Waals surface area contributed by atoms with Crippen molar-refractivity contribution in [3.05, 3.63) is 88.7 Å². The van der Waals surface area contributed by atoms with Gasteiger partial charge in [-0.1, -0.05) is 60.7 Å². The molecule has 0 spiro atoms. The Hall–Kier alpha value is -4.53. The maximum atomic E-state index is 13.5. The molecule has 0 aliphatic carbocycles. The lowest BCUT2D eigenvalue weighted by molar-refractivity contribution is -0.144. The number of carboxylic acids is 1. The van der Waals surface area contributed by atoms with E-state index in [1.807, 2.05) is 30.3 Å². The van der Waals surface area contributed by atoms with Crippen molar-refractivity contribution in [2.45, 2.75) is 31.8 Å². The van der Waals surface area contributed by atoms with Crippen molar-refractivity contribution in [2.24, 2.45) is 0 Å². The Kier molecular flexibility index (Phi) is 8.29. The van der Waals surface area contributed by atoms with E-state index in [9.17, 15) is 29.1 Å². The second kappa shape index (κ2) is 11.6. The second-order valence-corrected chi connectivity index (χ2v) is 7.85. The first-order valence-corrected chi connectivity index (χ1v) is 10.9. The molecule has 0 fully saturated rings. The summed E-state index contributed by atoms with van der Waals surface area (Å²) in [7, 11) is 0. The number of hydrogen-bond donors (Lipinski definition) is 3. The Morgan fingerprint density at radius 3 is 2.17 bits per heavy atom. The SMILES string of the molecule is CC(=O)NC(C(=O)O)C(C=O)n1c(-c2ccccc2)ccc(NC(=O)CCc2ccccc2)c1=O. The quantitative estimate of drug-likeness (QED) is 0.386. The van der Waals surface area contributed by atoms with E-state index in [0.29, 0.717) is 18.3 Å². The zero-order valence-electron chi connectivity index (χ0n) is 19.0. The number of nitrogens with zero attached hydrogens (tertiary/aromatic N) is 1. The number of aldehydes is 1. The summed E-state index contributed by atoms with van der Waals surface area (Å²) in [5.41, 5.74) is 0.881. The van der Waals surface area contributed by atoms with Crippen LogP contribution in [0.3, 0.4) is 0 Å². The van der Waals surface area contributed by atoms with Crippen molar-refractivity contribution < 1.29 is 24.3 Å². The number of aryl methyl sites for hydroxylation is 1. The van der Waals surface area contributed by atoms with Crippen LogP contribution in [0.15, 0.2) is 77.6 Å². The monoisotopic (exact) mass is 475 g/mol. The third-order valence-corrected chi connectivity index (χ3v) is 5.35. The summed E-state index contributed by atoms with van der Waals surface area (Å²) in [6, 6.07) is 17.6. The van der Waals surface area contributed by atoms with Crippen molar-refractivity contribution in [1.82, 2.24) is 9.88 Å². The van der Waals surface area contributed by atoms with E-state index in [1.54, 1.807) is 30.3 Å². The third-order valence-electron chi connectivity index (χ3n) is 5.35. The average Bonchev–Trinajstić information content (AvgIpc) is 2.85. The molecule has 0 saturated carbocycles. The number of anilines is 1. The lowest BCUT2D eigenvalue weighted by Crippen LogP contribution is -2.49. The standard InChI is InChI=1S/C26H25N3O6/c1-17(31)27-24(26(34)35)22(16-30)29-21(19-10-6-3-7-11-19)14-13-20(25(29)33)28-23(32)15-12-18-8-4-2-5-9-18/h2-11,13-14,16,22,24H,12,15H2,1H3,(H,27,31)(H,28,32)(H,34,35). The molecule has 3 N–H and O–H groups in total. The number of pyridine rings is 1. The molecule has 9 heteroatoms. The number of hydrogen-bond acceptors (Lipinski definition) is 5. The highest BCUT2D eigenvalue weighted by Crippen LogP contribution is 2.24. The number of nitrogens with one attached hydrogen (secondary N) is 2. The molecule has 2 atom stereocenters. The predicted octanol–water partition coefficient (Wildman–Crippen LogP) is 2.42. The van der Waals surface area contributed by atoms with Gasteiger partial charge in [-0.05, 0) is 29.7 Å². The summed E-state index contributed by atoms with van der Waals surface area (Å²) in [5.74, 6) is -2.58. The Balaban J connectivity index is 2.02. The zero-order valence-corrected chi connectivity index (χ0v) is 19.0. The van der Waals surface area contributed by atoms with Crippen LogP contribution < -0.4 is 16.2 Å². The van der Waals surface area contributed by atoms with Crippen molar-refractivity contribution in [1.29, 1.82) is 0 Å². The smallest absolute Gasteiger partial charge is 0.328 e. The maximum Gasteiger partial charge on any atom is 0.328 e. The van der Waals surface area contributed by atoms with Crippen molar-refractivity contribution >= 4 is 29.8 Å². The molecule has 9 nitrogen and oxygen atoms in total. The van der Waals surface area contributed by atoms with Crippen molar-refractivity contribution in [2.75, 3.05) is 5.32 Å². The van der Waals surface area contributed by atoms with Crippen LogP contribution in [0.2, 0.25) is 0 Å². The van der Waals surface area contributed by atoms with Crippen LogP contribution in [0, 0.1) is 0 Å². The molecule has 180 valence electrons. The number of aromatic nitrogens is 1. The molecule has 3 aromatic rings. The number of amides is 2. The van der Waals surface area contributed by atoms with Crippen LogP contribution in [-0.4, -0.2) is 39.8 Å². The minimum atomic E-state index is -1.70. The molecular formula is C26H25N3O6. The molecular weight excluding hydrogens is 450 g/mol. The first-order chi connectivity index (χ1) is 16.8. The maximum absolute atomic E-state index is 13.5. The molecule has 0 aliphatic heterocycles. The fraction of sp³-hybridized carbons (Fsp3) is 0.192. The number of carboxylic acid groups (broad SMARTS) is 1. The van der Waals surface area contributed by atoms with Gasteiger partial charge in [-0.25, -0.2) is 4.79 Å². The number of carbonyl (C=O) groups excluding carboxylic acids is 3. The van der Waals surface area contributed by atoms with Crippen molar-refractivity contribution in [3.8, 4) is 11.3 Å². The molecule has 35 heavy (non-hydrogen) atoms. The van der Waals surface area contributed by atoms with Crippen LogP contribution >= 0.6 is 0 Å². The highest BCUT2D eigenvalue weighted by molar-refractivity contribution is 5.91. The van der Waals surface area contributed by atoms with Gasteiger partial charge in [0.25, 0.3) is 5.56 Å². The van der Waals surface area contributed by atoms with Gasteiger partial charge in [0, 0.05) is 13.3 Å². The Bertz CT molecular complexity index is 1270. The lowest BCUT2D eigenvalue weighted by Gasteiger charge is -2.25. The summed E-state index contributed by atoms with van der Waals surface area (Å²) in [6.45, 7) is 1.11. The third kappa shape index (κ3) is 6.29. The van der Waals surface area contributed by atoms with Crippen LogP contribution in [0.1, 0.15) is 24.9 Å². The molecule has 2 amide bonds. The summed E-state index contributed by atoms with van der Waals surface area (Å²) in [6.07, 6.45) is 0.873. The molecule has 0 saturated heterocycles. The Morgan fingerprint density at radius 1 is 0.971 bits per heavy atom. The number of benzene rings is 2. The lowest BCUT2D eigenvalue weighted by atomic mass is 10.0.